The zero-order valence-electron chi connectivity index (χ0n) is 22.5. The van der Waals surface area contributed by atoms with Crippen LogP contribution in [-0.2, 0) is 44.6 Å². The summed E-state index contributed by atoms with van der Waals surface area (Å²) in [5.41, 5.74) is -0.586. The molecule has 0 saturated heterocycles. The van der Waals surface area contributed by atoms with Crippen molar-refractivity contribution in [1.82, 2.24) is 4.98 Å². The first-order chi connectivity index (χ1) is 19.8. The van der Waals surface area contributed by atoms with Gasteiger partial charge in [0.1, 0.15) is 11.5 Å². The summed E-state index contributed by atoms with van der Waals surface area (Å²) in [6.45, 7) is 1.26. The van der Waals surface area contributed by atoms with Crippen LogP contribution >= 0.6 is 0 Å². The van der Waals surface area contributed by atoms with Crippen LogP contribution in [0.3, 0.4) is 0 Å². The maximum atomic E-state index is 13.1. The van der Waals surface area contributed by atoms with Gasteiger partial charge in [0.05, 0.1) is 43.2 Å². The van der Waals surface area contributed by atoms with Gasteiger partial charge >= 0.3 is 18.3 Å². The number of nitrogens with zero attached hydrogens (tertiary/aromatic N) is 1. The van der Waals surface area contributed by atoms with Gasteiger partial charge in [-0.1, -0.05) is 18.2 Å². The third-order valence-electron chi connectivity index (χ3n) is 6.85. The van der Waals surface area contributed by atoms with Crippen LogP contribution in [0.4, 0.5) is 26.3 Å². The second kappa shape index (κ2) is 13.3. The standard InChI is InChI=1S/C29H29F6NO6/c1-17-24(36-26(42-17)19-4-2-5-21(12-19)29(33,34)35)15-39-22-6-3-7-23(13-22)40-16-25(27(37)38)41-14-18-8-10-20(11-9-18)28(30,31)32/h2,4-5,8-12,22-23,25H,3,6-7,13-16H2,1H3,(H,37,38)/t22?,23-,25?/m1/s1. The van der Waals surface area contributed by atoms with Crippen molar-refractivity contribution in [2.24, 2.45) is 0 Å². The van der Waals surface area contributed by atoms with Crippen molar-refractivity contribution < 1.29 is 54.9 Å². The van der Waals surface area contributed by atoms with Gasteiger partial charge in [-0.3, -0.25) is 0 Å². The number of aliphatic carboxylic acids is 1. The van der Waals surface area contributed by atoms with Gasteiger partial charge in [-0.25, -0.2) is 9.78 Å². The summed E-state index contributed by atoms with van der Waals surface area (Å²) in [5.74, 6) is -0.790. The summed E-state index contributed by atoms with van der Waals surface area (Å²) in [6.07, 6.45) is -8.19. The average molecular weight is 602 g/mol. The van der Waals surface area contributed by atoms with E-state index in [1.807, 2.05) is 0 Å². The number of hydrogen-bond donors (Lipinski definition) is 1. The highest BCUT2D eigenvalue weighted by atomic mass is 19.4. The lowest BCUT2D eigenvalue weighted by atomic mass is 9.95. The average Bonchev–Trinajstić information content (AvgIpc) is 3.31. The number of aryl methyl sites for hydroxylation is 1. The quantitative estimate of drug-likeness (QED) is 0.233. The molecular weight excluding hydrogens is 572 g/mol. The first-order valence-electron chi connectivity index (χ1n) is 13.2. The lowest BCUT2D eigenvalue weighted by Gasteiger charge is -2.29. The minimum absolute atomic E-state index is 0.0538. The molecule has 2 aromatic carbocycles. The van der Waals surface area contributed by atoms with Crippen molar-refractivity contribution in [1.29, 1.82) is 0 Å². The first kappa shape index (κ1) is 31.5. The lowest BCUT2D eigenvalue weighted by molar-refractivity contribution is -0.159. The molecule has 7 nitrogen and oxygen atoms in total. The SMILES string of the molecule is Cc1oc(-c2cccc(C(F)(F)F)c2)nc1COC1CCC[C@@H](OCC(OCc2ccc(C(F)(F)F)cc2)C(=O)O)C1. The summed E-state index contributed by atoms with van der Waals surface area (Å²) in [7, 11) is 0. The smallest absolute Gasteiger partial charge is 0.416 e. The van der Waals surface area contributed by atoms with E-state index in [1.165, 1.54) is 24.3 Å². The molecule has 0 aliphatic heterocycles. The van der Waals surface area contributed by atoms with Gasteiger partial charge in [0.2, 0.25) is 5.89 Å². The van der Waals surface area contributed by atoms with Gasteiger partial charge in [-0.2, -0.15) is 26.3 Å². The Morgan fingerprint density at radius 1 is 0.976 bits per heavy atom. The van der Waals surface area contributed by atoms with Crippen molar-refractivity contribution >= 4 is 5.97 Å². The Hall–Kier alpha value is -3.42. The number of hydrogen-bond acceptors (Lipinski definition) is 6. The topological polar surface area (TPSA) is 91.0 Å². The maximum Gasteiger partial charge on any atom is 0.416 e. The third-order valence-corrected chi connectivity index (χ3v) is 6.85. The number of aromatic nitrogens is 1. The Labute approximate surface area is 237 Å². The highest BCUT2D eigenvalue weighted by molar-refractivity contribution is 5.72. The first-order valence-corrected chi connectivity index (χ1v) is 13.2. The molecule has 0 bridgehead atoms. The number of alkyl halides is 6. The van der Waals surface area contributed by atoms with Crippen LogP contribution in [0.5, 0.6) is 0 Å². The predicted molar refractivity (Wildman–Crippen MR) is 136 cm³/mol. The normalized spacial score (nSPS) is 18.6. The molecule has 42 heavy (non-hydrogen) atoms. The van der Waals surface area contributed by atoms with Gasteiger partial charge in [-0.15, -0.1) is 0 Å². The molecule has 1 heterocycles. The Kier molecular flexibility index (Phi) is 9.95. The van der Waals surface area contributed by atoms with E-state index in [-0.39, 0.29) is 43.5 Å². The number of rotatable bonds is 11. The Morgan fingerprint density at radius 3 is 2.29 bits per heavy atom. The van der Waals surface area contributed by atoms with E-state index in [0.717, 1.165) is 37.1 Å². The number of halogens is 6. The van der Waals surface area contributed by atoms with Crippen LogP contribution in [0, 0.1) is 6.92 Å². The van der Waals surface area contributed by atoms with Crippen molar-refractivity contribution in [2.75, 3.05) is 6.61 Å². The summed E-state index contributed by atoms with van der Waals surface area (Å²) in [6, 6.07) is 8.96. The molecule has 3 aromatic rings. The fraction of sp³-hybridized carbons (Fsp3) is 0.448. The van der Waals surface area contributed by atoms with Crippen LogP contribution in [0.25, 0.3) is 11.5 Å². The summed E-state index contributed by atoms with van der Waals surface area (Å²) >= 11 is 0. The van der Waals surface area contributed by atoms with Crippen LogP contribution in [0.2, 0.25) is 0 Å². The van der Waals surface area contributed by atoms with Gasteiger partial charge < -0.3 is 23.7 Å². The Balaban J connectivity index is 1.27. The molecule has 3 atom stereocenters. The lowest BCUT2D eigenvalue weighted by Crippen LogP contribution is -2.34. The minimum atomic E-state index is -4.49. The summed E-state index contributed by atoms with van der Waals surface area (Å²) < 4.78 is 100. The molecule has 1 saturated carbocycles. The van der Waals surface area contributed by atoms with Gasteiger partial charge in [0.25, 0.3) is 0 Å². The number of benzene rings is 2. The molecule has 1 fully saturated rings. The van der Waals surface area contributed by atoms with Crippen LogP contribution < -0.4 is 0 Å². The van der Waals surface area contributed by atoms with Gasteiger partial charge in [-0.05, 0) is 68.5 Å². The summed E-state index contributed by atoms with van der Waals surface area (Å²) in [5, 5.41) is 9.51. The van der Waals surface area contributed by atoms with E-state index in [0.29, 0.717) is 29.9 Å². The van der Waals surface area contributed by atoms with Crippen LogP contribution in [0.1, 0.15) is 53.8 Å². The van der Waals surface area contributed by atoms with E-state index >= 15 is 0 Å². The van der Waals surface area contributed by atoms with Crippen LogP contribution in [0.15, 0.2) is 52.9 Å². The number of ether oxygens (including phenoxy) is 3. The molecule has 0 radical (unpaired) electrons. The monoisotopic (exact) mass is 601 g/mol. The molecule has 0 spiro atoms. The number of carboxylic acids is 1. The summed E-state index contributed by atoms with van der Waals surface area (Å²) in [4.78, 5) is 16.0. The van der Waals surface area contributed by atoms with E-state index < -0.39 is 35.6 Å². The maximum absolute atomic E-state index is 13.1. The molecule has 1 aromatic heterocycles. The third kappa shape index (κ3) is 8.55. The molecule has 4 rings (SSSR count). The fourth-order valence-electron chi connectivity index (χ4n) is 4.52. The zero-order valence-corrected chi connectivity index (χ0v) is 22.5. The molecule has 1 N–H and O–H groups in total. The van der Waals surface area contributed by atoms with E-state index in [4.69, 9.17) is 18.6 Å². The molecule has 228 valence electrons. The molecule has 0 amide bonds. The largest absolute Gasteiger partial charge is 0.479 e. The van der Waals surface area contributed by atoms with E-state index in [9.17, 15) is 36.2 Å². The highest BCUT2D eigenvalue weighted by Gasteiger charge is 2.32. The van der Waals surface area contributed by atoms with E-state index in [1.54, 1.807) is 6.92 Å². The number of carbonyl (C=O) groups is 1. The molecule has 1 aliphatic rings. The molecule has 1 aliphatic carbocycles. The van der Waals surface area contributed by atoms with E-state index in [2.05, 4.69) is 4.98 Å². The van der Waals surface area contributed by atoms with Gasteiger partial charge in [0, 0.05) is 5.56 Å². The zero-order chi connectivity index (χ0) is 30.5. The minimum Gasteiger partial charge on any atom is -0.479 e. The predicted octanol–water partition coefficient (Wildman–Crippen LogP) is 7.20. The second-order valence-electron chi connectivity index (χ2n) is 9.99. The molecular formula is C29H29F6NO6. The van der Waals surface area contributed by atoms with Gasteiger partial charge in [0.15, 0.2) is 6.10 Å². The van der Waals surface area contributed by atoms with Crippen molar-refractivity contribution in [3.8, 4) is 11.5 Å². The Bertz CT molecular complexity index is 1340. The van der Waals surface area contributed by atoms with Crippen molar-refractivity contribution in [3.63, 3.8) is 0 Å². The highest BCUT2D eigenvalue weighted by Crippen LogP contribution is 2.33. The number of carboxylic acid groups (broad SMARTS) is 1. The van der Waals surface area contributed by atoms with Crippen molar-refractivity contribution in [2.45, 2.75) is 76.5 Å². The molecule has 13 heteroatoms. The number of oxazole rings is 1. The Morgan fingerprint density at radius 2 is 1.64 bits per heavy atom. The van der Waals surface area contributed by atoms with Crippen LogP contribution in [-0.4, -0.2) is 41.0 Å². The second-order valence-corrected chi connectivity index (χ2v) is 9.99. The molecule has 2 unspecified atom stereocenters. The fourth-order valence-corrected chi connectivity index (χ4v) is 4.52. The van der Waals surface area contributed by atoms with Crippen molar-refractivity contribution in [3.05, 3.63) is 76.7 Å².